The van der Waals surface area contributed by atoms with Gasteiger partial charge in [-0.15, -0.1) is 0 Å². The number of hydrogen-bond donors (Lipinski definition) is 1. The first-order valence-corrected chi connectivity index (χ1v) is 7.34. The van der Waals surface area contributed by atoms with Gasteiger partial charge in [-0.1, -0.05) is 30.3 Å². The molecule has 1 aliphatic carbocycles. The third kappa shape index (κ3) is 4.30. The van der Waals surface area contributed by atoms with E-state index in [0.29, 0.717) is 12.1 Å². The summed E-state index contributed by atoms with van der Waals surface area (Å²) in [6.07, 6.45) is 5.28. The second kappa shape index (κ2) is 7.63. The van der Waals surface area contributed by atoms with E-state index in [1.807, 2.05) is 7.11 Å². The fourth-order valence-electron chi connectivity index (χ4n) is 3.02. The van der Waals surface area contributed by atoms with Crippen molar-refractivity contribution in [2.45, 2.75) is 44.4 Å². The van der Waals surface area contributed by atoms with Gasteiger partial charge in [0, 0.05) is 32.8 Å². The quantitative estimate of drug-likeness (QED) is 0.855. The van der Waals surface area contributed by atoms with Crippen LogP contribution in [-0.2, 0) is 11.3 Å². The highest BCUT2D eigenvalue weighted by Gasteiger charge is 2.25. The molecule has 19 heavy (non-hydrogen) atoms. The molecule has 1 saturated carbocycles. The molecule has 0 radical (unpaired) electrons. The molecule has 3 nitrogen and oxygen atoms in total. The lowest BCUT2D eigenvalue weighted by atomic mass is 9.91. The van der Waals surface area contributed by atoms with Gasteiger partial charge < -0.3 is 10.5 Å². The molecule has 1 aromatic rings. The molecule has 3 heteroatoms. The lowest BCUT2D eigenvalue weighted by Crippen LogP contribution is -2.41. The van der Waals surface area contributed by atoms with E-state index in [9.17, 15) is 0 Å². The number of benzene rings is 1. The second-order valence-corrected chi connectivity index (χ2v) is 5.41. The Kier molecular flexibility index (Phi) is 5.83. The van der Waals surface area contributed by atoms with E-state index >= 15 is 0 Å². The van der Waals surface area contributed by atoms with Crippen molar-refractivity contribution in [1.82, 2.24) is 4.90 Å². The van der Waals surface area contributed by atoms with Gasteiger partial charge in [0.1, 0.15) is 0 Å². The van der Waals surface area contributed by atoms with Crippen molar-refractivity contribution in [2.24, 2.45) is 5.73 Å². The summed E-state index contributed by atoms with van der Waals surface area (Å²) in [4.78, 5) is 2.54. The number of methoxy groups -OCH3 is 1. The monoisotopic (exact) mass is 262 g/mol. The molecule has 0 unspecified atom stereocenters. The molecule has 0 amide bonds. The number of nitrogens with two attached hydrogens (primary N) is 1. The molecule has 0 atom stereocenters. The second-order valence-electron chi connectivity index (χ2n) is 5.41. The Bertz CT molecular complexity index is 347. The summed E-state index contributed by atoms with van der Waals surface area (Å²) in [5.74, 6) is 0. The van der Waals surface area contributed by atoms with Crippen molar-refractivity contribution >= 4 is 0 Å². The van der Waals surface area contributed by atoms with Gasteiger partial charge in [0.2, 0.25) is 0 Å². The smallest absolute Gasteiger partial charge is 0.0572 e. The van der Waals surface area contributed by atoms with E-state index < -0.39 is 0 Å². The van der Waals surface area contributed by atoms with Crippen molar-refractivity contribution in [3.05, 3.63) is 35.9 Å². The molecular formula is C16H26N2O. The average molecular weight is 262 g/mol. The highest BCUT2D eigenvalue weighted by molar-refractivity contribution is 5.14. The Morgan fingerprint density at radius 2 is 1.84 bits per heavy atom. The van der Waals surface area contributed by atoms with Crippen LogP contribution in [-0.4, -0.2) is 37.2 Å². The topological polar surface area (TPSA) is 38.5 Å². The van der Waals surface area contributed by atoms with Crippen LogP contribution in [0, 0.1) is 0 Å². The zero-order chi connectivity index (χ0) is 13.5. The summed E-state index contributed by atoms with van der Waals surface area (Å²) in [6.45, 7) is 2.73. The Balaban J connectivity index is 1.92. The molecule has 2 N–H and O–H groups in total. The fourth-order valence-corrected chi connectivity index (χ4v) is 3.02. The van der Waals surface area contributed by atoms with Gasteiger partial charge in [-0.3, -0.25) is 4.90 Å². The van der Waals surface area contributed by atoms with Crippen LogP contribution >= 0.6 is 0 Å². The van der Waals surface area contributed by atoms with Crippen LogP contribution in [0.5, 0.6) is 0 Å². The van der Waals surface area contributed by atoms with Crippen molar-refractivity contribution in [3.8, 4) is 0 Å². The van der Waals surface area contributed by atoms with Crippen LogP contribution in [0.1, 0.15) is 31.2 Å². The van der Waals surface area contributed by atoms with E-state index in [4.69, 9.17) is 10.5 Å². The van der Waals surface area contributed by atoms with Crippen molar-refractivity contribution in [1.29, 1.82) is 0 Å². The maximum absolute atomic E-state index is 5.78. The van der Waals surface area contributed by atoms with Gasteiger partial charge in [-0.25, -0.2) is 0 Å². The summed E-state index contributed by atoms with van der Waals surface area (Å²) in [5.41, 5.74) is 7.16. The molecule has 0 saturated heterocycles. The van der Waals surface area contributed by atoms with E-state index in [0.717, 1.165) is 19.6 Å². The van der Waals surface area contributed by atoms with E-state index in [-0.39, 0.29) is 0 Å². The molecule has 0 aromatic heterocycles. The highest BCUT2D eigenvalue weighted by Crippen LogP contribution is 2.25. The van der Waals surface area contributed by atoms with Crippen LogP contribution in [0.25, 0.3) is 0 Å². The lowest BCUT2D eigenvalue weighted by molar-refractivity contribution is 0.0371. The van der Waals surface area contributed by atoms with Gasteiger partial charge in [-0.05, 0) is 31.2 Å². The van der Waals surface area contributed by atoms with Crippen LogP contribution in [0.3, 0.4) is 0 Å². The third-order valence-corrected chi connectivity index (χ3v) is 4.14. The minimum atomic E-state index is 0.465. The summed E-state index contributed by atoms with van der Waals surface area (Å²) >= 11 is 0. The number of ether oxygens (including phenoxy) is 1. The van der Waals surface area contributed by atoms with Crippen LogP contribution in [0.4, 0.5) is 0 Å². The molecule has 0 heterocycles. The Morgan fingerprint density at radius 3 is 2.42 bits per heavy atom. The highest BCUT2D eigenvalue weighted by atomic mass is 16.5. The third-order valence-electron chi connectivity index (χ3n) is 4.14. The van der Waals surface area contributed by atoms with E-state index in [2.05, 4.69) is 35.2 Å². The SMILES string of the molecule is COC1CCC(N(CCN)Cc2ccccc2)CC1. The maximum Gasteiger partial charge on any atom is 0.0572 e. The van der Waals surface area contributed by atoms with E-state index in [1.165, 1.54) is 31.2 Å². The van der Waals surface area contributed by atoms with Gasteiger partial charge in [0.25, 0.3) is 0 Å². The summed E-state index contributed by atoms with van der Waals surface area (Å²) < 4.78 is 5.45. The first kappa shape index (κ1) is 14.5. The van der Waals surface area contributed by atoms with Crippen molar-refractivity contribution in [3.63, 3.8) is 0 Å². The fraction of sp³-hybridized carbons (Fsp3) is 0.625. The van der Waals surface area contributed by atoms with Gasteiger partial charge in [-0.2, -0.15) is 0 Å². The standard InChI is InChI=1S/C16H26N2O/c1-19-16-9-7-15(8-10-16)18(12-11-17)13-14-5-3-2-4-6-14/h2-6,15-16H,7-13,17H2,1H3. The van der Waals surface area contributed by atoms with Crippen molar-refractivity contribution < 1.29 is 4.74 Å². The largest absolute Gasteiger partial charge is 0.381 e. The zero-order valence-electron chi connectivity index (χ0n) is 11.9. The normalized spacial score (nSPS) is 23.7. The molecule has 1 aromatic carbocycles. The maximum atomic E-state index is 5.78. The average Bonchev–Trinajstić information content (AvgIpc) is 2.48. The molecule has 106 valence electrons. The molecule has 2 rings (SSSR count). The van der Waals surface area contributed by atoms with E-state index in [1.54, 1.807) is 0 Å². The zero-order valence-corrected chi connectivity index (χ0v) is 11.9. The Morgan fingerprint density at radius 1 is 1.16 bits per heavy atom. The number of rotatable bonds is 6. The number of hydrogen-bond acceptors (Lipinski definition) is 3. The summed E-state index contributed by atoms with van der Waals surface area (Å²) in [7, 11) is 1.83. The van der Waals surface area contributed by atoms with Crippen LogP contribution < -0.4 is 5.73 Å². The predicted octanol–water partition coefficient (Wildman–Crippen LogP) is 2.40. The minimum absolute atomic E-state index is 0.465. The molecule has 0 aliphatic heterocycles. The van der Waals surface area contributed by atoms with Gasteiger partial charge in [0.15, 0.2) is 0 Å². The molecule has 1 fully saturated rings. The molecule has 0 bridgehead atoms. The Hall–Kier alpha value is -0.900. The lowest BCUT2D eigenvalue weighted by Gasteiger charge is -2.36. The summed E-state index contributed by atoms with van der Waals surface area (Å²) in [5, 5.41) is 0. The minimum Gasteiger partial charge on any atom is -0.381 e. The van der Waals surface area contributed by atoms with Crippen LogP contribution in [0.15, 0.2) is 30.3 Å². The Labute approximate surface area is 116 Å². The molecule has 1 aliphatic rings. The predicted molar refractivity (Wildman–Crippen MR) is 79.0 cm³/mol. The number of nitrogens with zero attached hydrogens (tertiary/aromatic N) is 1. The van der Waals surface area contributed by atoms with Crippen molar-refractivity contribution in [2.75, 3.05) is 20.2 Å². The molecular weight excluding hydrogens is 236 g/mol. The van der Waals surface area contributed by atoms with Crippen LogP contribution in [0.2, 0.25) is 0 Å². The summed E-state index contributed by atoms with van der Waals surface area (Å²) in [6, 6.07) is 11.3. The van der Waals surface area contributed by atoms with Gasteiger partial charge in [0.05, 0.1) is 6.10 Å². The first-order chi connectivity index (χ1) is 9.33. The van der Waals surface area contributed by atoms with Gasteiger partial charge >= 0.3 is 0 Å². The first-order valence-electron chi connectivity index (χ1n) is 7.34. The molecule has 0 spiro atoms.